The standard InChI is InChI=1S/C14H29N3O/c1-16-8-3-4-14(10-16)17(2)9-7-13(11-18)15-12-5-6-12/h12-15,18H,3-11H2,1-2H3. The van der Waals surface area contributed by atoms with Gasteiger partial charge in [0, 0.05) is 24.7 Å². The first kappa shape index (κ1) is 14.3. The lowest BCUT2D eigenvalue weighted by molar-refractivity contribution is 0.125. The Morgan fingerprint density at radius 3 is 2.78 bits per heavy atom. The molecule has 2 rings (SSSR count). The molecule has 0 bridgehead atoms. The summed E-state index contributed by atoms with van der Waals surface area (Å²) in [6.07, 6.45) is 6.28. The van der Waals surface area contributed by atoms with Gasteiger partial charge in [-0.25, -0.2) is 0 Å². The minimum atomic E-state index is 0.273. The Balaban J connectivity index is 1.67. The minimum absolute atomic E-state index is 0.273. The summed E-state index contributed by atoms with van der Waals surface area (Å²) in [7, 11) is 4.45. The smallest absolute Gasteiger partial charge is 0.0585 e. The number of nitrogens with zero attached hydrogens (tertiary/aromatic N) is 2. The van der Waals surface area contributed by atoms with Gasteiger partial charge in [-0.05, 0) is 59.3 Å². The van der Waals surface area contributed by atoms with E-state index in [0.29, 0.717) is 18.1 Å². The number of hydrogen-bond donors (Lipinski definition) is 2. The second kappa shape index (κ2) is 6.85. The summed E-state index contributed by atoms with van der Waals surface area (Å²) < 4.78 is 0. The average Bonchev–Trinajstić information content (AvgIpc) is 3.18. The Kier molecular flexibility index (Phi) is 5.42. The highest BCUT2D eigenvalue weighted by Gasteiger charge is 2.25. The van der Waals surface area contributed by atoms with Crippen molar-refractivity contribution >= 4 is 0 Å². The van der Waals surface area contributed by atoms with E-state index in [4.69, 9.17) is 0 Å². The van der Waals surface area contributed by atoms with Gasteiger partial charge in [0.25, 0.3) is 0 Å². The second-order valence-corrected chi connectivity index (χ2v) is 6.15. The molecule has 0 spiro atoms. The van der Waals surface area contributed by atoms with Gasteiger partial charge < -0.3 is 20.2 Å². The largest absolute Gasteiger partial charge is 0.395 e. The molecule has 2 fully saturated rings. The van der Waals surface area contributed by atoms with Crippen LogP contribution in [0.15, 0.2) is 0 Å². The third-order valence-electron chi connectivity index (χ3n) is 4.32. The van der Waals surface area contributed by atoms with Gasteiger partial charge in [0.05, 0.1) is 6.61 Å². The number of piperidine rings is 1. The fraction of sp³-hybridized carbons (Fsp3) is 1.00. The predicted molar refractivity (Wildman–Crippen MR) is 74.8 cm³/mol. The van der Waals surface area contributed by atoms with E-state index in [2.05, 4.69) is 29.2 Å². The maximum absolute atomic E-state index is 9.38. The molecule has 2 aliphatic rings. The van der Waals surface area contributed by atoms with Crippen molar-refractivity contribution in [2.24, 2.45) is 0 Å². The molecule has 0 radical (unpaired) electrons. The molecular formula is C14H29N3O. The number of nitrogens with one attached hydrogen (secondary N) is 1. The first-order chi connectivity index (χ1) is 8.69. The van der Waals surface area contributed by atoms with Crippen LogP contribution in [-0.2, 0) is 0 Å². The van der Waals surface area contributed by atoms with E-state index in [0.717, 1.165) is 13.0 Å². The SMILES string of the molecule is CN1CCCC(N(C)CCC(CO)NC2CC2)C1. The fourth-order valence-corrected chi connectivity index (χ4v) is 2.85. The van der Waals surface area contributed by atoms with Crippen LogP contribution in [0.5, 0.6) is 0 Å². The van der Waals surface area contributed by atoms with E-state index in [1.54, 1.807) is 0 Å². The third kappa shape index (κ3) is 4.50. The average molecular weight is 255 g/mol. The van der Waals surface area contributed by atoms with E-state index >= 15 is 0 Å². The zero-order valence-corrected chi connectivity index (χ0v) is 11.9. The molecule has 2 N–H and O–H groups in total. The van der Waals surface area contributed by atoms with Crippen molar-refractivity contribution in [2.75, 3.05) is 40.3 Å². The van der Waals surface area contributed by atoms with Crippen LogP contribution >= 0.6 is 0 Å². The highest BCUT2D eigenvalue weighted by molar-refractivity contribution is 4.85. The Morgan fingerprint density at radius 1 is 1.39 bits per heavy atom. The predicted octanol–water partition coefficient (Wildman–Crippen LogP) is 0.515. The first-order valence-corrected chi connectivity index (χ1v) is 7.44. The lowest BCUT2D eigenvalue weighted by Gasteiger charge is -2.36. The van der Waals surface area contributed by atoms with Crippen LogP contribution in [0.4, 0.5) is 0 Å². The molecule has 1 saturated heterocycles. The summed E-state index contributed by atoms with van der Waals surface area (Å²) >= 11 is 0. The Labute approximate surface area is 111 Å². The summed E-state index contributed by atoms with van der Waals surface area (Å²) in [4.78, 5) is 4.91. The molecule has 0 aromatic carbocycles. The monoisotopic (exact) mass is 255 g/mol. The summed E-state index contributed by atoms with van der Waals surface area (Å²) in [6, 6.07) is 1.68. The highest BCUT2D eigenvalue weighted by atomic mass is 16.3. The van der Waals surface area contributed by atoms with E-state index in [1.165, 1.54) is 38.8 Å². The van der Waals surface area contributed by atoms with Gasteiger partial charge in [-0.3, -0.25) is 0 Å². The van der Waals surface area contributed by atoms with Gasteiger partial charge in [-0.2, -0.15) is 0 Å². The van der Waals surface area contributed by atoms with Crippen molar-refractivity contribution in [2.45, 2.75) is 50.2 Å². The number of likely N-dealkylation sites (N-methyl/N-ethyl adjacent to an activating group) is 2. The maximum atomic E-state index is 9.38. The molecular weight excluding hydrogens is 226 g/mol. The van der Waals surface area contributed by atoms with Crippen LogP contribution in [0, 0.1) is 0 Å². The molecule has 2 unspecified atom stereocenters. The zero-order chi connectivity index (χ0) is 13.0. The second-order valence-electron chi connectivity index (χ2n) is 6.15. The van der Waals surface area contributed by atoms with Crippen molar-refractivity contribution < 1.29 is 5.11 Å². The Hall–Kier alpha value is -0.160. The van der Waals surface area contributed by atoms with Gasteiger partial charge in [-0.1, -0.05) is 0 Å². The van der Waals surface area contributed by atoms with Gasteiger partial charge >= 0.3 is 0 Å². The molecule has 1 aliphatic heterocycles. The Morgan fingerprint density at radius 2 is 2.17 bits per heavy atom. The molecule has 0 amide bonds. The fourth-order valence-electron chi connectivity index (χ4n) is 2.85. The number of aliphatic hydroxyl groups excluding tert-OH is 1. The van der Waals surface area contributed by atoms with Crippen molar-refractivity contribution in [3.8, 4) is 0 Å². The van der Waals surface area contributed by atoms with E-state index < -0.39 is 0 Å². The quantitative estimate of drug-likeness (QED) is 0.695. The lowest BCUT2D eigenvalue weighted by Crippen LogP contribution is -2.46. The molecule has 4 heteroatoms. The molecule has 0 aromatic rings. The maximum Gasteiger partial charge on any atom is 0.0585 e. The van der Waals surface area contributed by atoms with E-state index in [-0.39, 0.29) is 6.61 Å². The van der Waals surface area contributed by atoms with Crippen LogP contribution in [0.1, 0.15) is 32.1 Å². The van der Waals surface area contributed by atoms with Gasteiger partial charge in [0.2, 0.25) is 0 Å². The molecule has 18 heavy (non-hydrogen) atoms. The molecule has 4 nitrogen and oxygen atoms in total. The normalized spacial score (nSPS) is 27.7. The van der Waals surface area contributed by atoms with Gasteiger partial charge in [0.15, 0.2) is 0 Å². The van der Waals surface area contributed by atoms with Gasteiger partial charge in [-0.15, -0.1) is 0 Å². The van der Waals surface area contributed by atoms with E-state index in [9.17, 15) is 5.11 Å². The number of aliphatic hydroxyl groups is 1. The van der Waals surface area contributed by atoms with Crippen LogP contribution in [0.25, 0.3) is 0 Å². The molecule has 1 saturated carbocycles. The zero-order valence-electron chi connectivity index (χ0n) is 11.9. The highest BCUT2D eigenvalue weighted by Crippen LogP contribution is 2.20. The van der Waals surface area contributed by atoms with Crippen LogP contribution < -0.4 is 5.32 Å². The van der Waals surface area contributed by atoms with Crippen molar-refractivity contribution in [3.63, 3.8) is 0 Å². The lowest BCUT2D eigenvalue weighted by atomic mass is 10.0. The summed E-state index contributed by atoms with van der Waals surface area (Å²) in [5, 5.41) is 12.9. The molecule has 2 atom stereocenters. The van der Waals surface area contributed by atoms with Crippen molar-refractivity contribution in [1.29, 1.82) is 0 Å². The molecule has 1 heterocycles. The van der Waals surface area contributed by atoms with Crippen molar-refractivity contribution in [3.05, 3.63) is 0 Å². The van der Waals surface area contributed by atoms with Crippen LogP contribution in [0.3, 0.4) is 0 Å². The Bertz CT molecular complexity index is 245. The topological polar surface area (TPSA) is 38.7 Å². The number of likely N-dealkylation sites (tertiary alicyclic amines) is 1. The molecule has 106 valence electrons. The molecule has 1 aliphatic carbocycles. The van der Waals surface area contributed by atoms with Gasteiger partial charge in [0.1, 0.15) is 0 Å². The molecule has 0 aromatic heterocycles. The number of rotatable bonds is 7. The summed E-state index contributed by atoms with van der Waals surface area (Å²) in [5.41, 5.74) is 0. The summed E-state index contributed by atoms with van der Waals surface area (Å²) in [6.45, 7) is 3.79. The third-order valence-corrected chi connectivity index (χ3v) is 4.32. The minimum Gasteiger partial charge on any atom is -0.395 e. The van der Waals surface area contributed by atoms with E-state index in [1.807, 2.05) is 0 Å². The summed E-state index contributed by atoms with van der Waals surface area (Å²) in [5.74, 6) is 0. The van der Waals surface area contributed by atoms with Crippen LogP contribution in [0.2, 0.25) is 0 Å². The van der Waals surface area contributed by atoms with Crippen LogP contribution in [-0.4, -0.2) is 73.4 Å². The first-order valence-electron chi connectivity index (χ1n) is 7.44. The van der Waals surface area contributed by atoms with Crippen molar-refractivity contribution in [1.82, 2.24) is 15.1 Å². The number of hydrogen-bond acceptors (Lipinski definition) is 4.